The van der Waals surface area contributed by atoms with Gasteiger partial charge in [0.05, 0.1) is 0 Å². The number of alkyl halides is 3. The quantitative estimate of drug-likeness (QED) is 0.282. The van der Waals surface area contributed by atoms with Crippen molar-refractivity contribution in [3.8, 4) is 5.75 Å². The Hall–Kier alpha value is -2.90. The first-order chi connectivity index (χ1) is 14.7. The maximum atomic E-state index is 13.9. The van der Waals surface area contributed by atoms with Crippen LogP contribution in [0.15, 0.2) is 60.8 Å². The second kappa shape index (κ2) is 7.98. The molecule has 0 aliphatic heterocycles. The Kier molecular flexibility index (Phi) is 5.49. The molecule has 2 aromatic heterocycles. The van der Waals surface area contributed by atoms with E-state index in [9.17, 15) is 17.6 Å². The first kappa shape index (κ1) is 21.3. The smallest absolute Gasteiger partial charge is 0.423 e. The van der Waals surface area contributed by atoms with Gasteiger partial charge in [-0.1, -0.05) is 30.9 Å². The average molecular weight is 433 g/mol. The lowest BCUT2D eigenvalue weighted by atomic mass is 10.1. The van der Waals surface area contributed by atoms with Crippen LogP contribution in [0.1, 0.15) is 37.6 Å². The van der Waals surface area contributed by atoms with Crippen molar-refractivity contribution in [2.75, 3.05) is 0 Å². The zero-order valence-electron chi connectivity index (χ0n) is 17.1. The fraction of sp³-hybridized carbons (Fsp3) is 0.391. The Labute approximate surface area is 177 Å². The van der Waals surface area contributed by atoms with E-state index in [1.54, 1.807) is 13.0 Å². The second-order valence-electron chi connectivity index (χ2n) is 8.11. The van der Waals surface area contributed by atoms with Crippen molar-refractivity contribution in [3.63, 3.8) is 0 Å². The maximum absolute atomic E-state index is 13.9. The topological polar surface area (TPSA) is 39.4 Å². The van der Waals surface area contributed by atoms with Gasteiger partial charge in [-0.3, -0.25) is 4.40 Å². The Morgan fingerprint density at radius 1 is 1.23 bits per heavy atom. The number of ether oxygens (including phenoxy) is 1. The molecule has 2 saturated carbocycles. The van der Waals surface area contributed by atoms with E-state index in [1.165, 1.54) is 28.8 Å². The summed E-state index contributed by atoms with van der Waals surface area (Å²) in [6.45, 7) is 9.32. The number of pyridine rings is 1. The van der Waals surface area contributed by atoms with Crippen molar-refractivity contribution in [3.05, 3.63) is 72.2 Å². The molecule has 2 fully saturated rings. The van der Waals surface area contributed by atoms with Gasteiger partial charge in [-0.15, -0.1) is 10.2 Å². The number of rotatable bonds is 8. The molecule has 4 rings (SSSR count). The van der Waals surface area contributed by atoms with Crippen molar-refractivity contribution in [2.45, 2.75) is 38.8 Å². The molecule has 2 unspecified atom stereocenters. The first-order valence-corrected chi connectivity index (χ1v) is 10.2. The fourth-order valence-electron chi connectivity index (χ4n) is 3.64. The van der Waals surface area contributed by atoms with Crippen LogP contribution < -0.4 is 4.74 Å². The van der Waals surface area contributed by atoms with Gasteiger partial charge in [-0.2, -0.15) is 13.2 Å². The molecule has 0 bridgehead atoms. The molecule has 2 aliphatic carbocycles. The molecule has 8 heteroatoms. The minimum absolute atomic E-state index is 0.0373. The standard InChI is InChI=1S/C23H23F4N3O/c1-4-16(24)8-5-13(2)17-12-18(17)14(3)31-19-9-10-30-20(11-15-6-7-15)28-29-22(30)21(19)23(25,26)27/h4-5,8-10,15,17-18H,2-3,6-7,11-12H2,1H3. The van der Waals surface area contributed by atoms with E-state index < -0.39 is 11.7 Å². The largest absolute Gasteiger partial charge is 0.461 e. The fourth-order valence-corrected chi connectivity index (χ4v) is 3.64. The first-order valence-electron chi connectivity index (χ1n) is 10.2. The lowest BCUT2D eigenvalue weighted by molar-refractivity contribution is -0.137. The third kappa shape index (κ3) is 4.57. The molecule has 0 radical (unpaired) electrons. The number of halogens is 4. The predicted molar refractivity (Wildman–Crippen MR) is 109 cm³/mol. The van der Waals surface area contributed by atoms with E-state index in [-0.39, 0.29) is 34.8 Å². The van der Waals surface area contributed by atoms with Crippen molar-refractivity contribution in [1.29, 1.82) is 0 Å². The van der Waals surface area contributed by atoms with Crippen LogP contribution in [0.25, 0.3) is 5.65 Å². The number of nitrogens with zero attached hydrogens (tertiary/aromatic N) is 3. The summed E-state index contributed by atoms with van der Waals surface area (Å²) >= 11 is 0. The summed E-state index contributed by atoms with van der Waals surface area (Å²) in [6, 6.07) is 1.29. The normalized spacial score (nSPS) is 21.6. The van der Waals surface area contributed by atoms with E-state index in [0.29, 0.717) is 30.2 Å². The Bertz CT molecular complexity index is 1090. The van der Waals surface area contributed by atoms with E-state index in [1.807, 2.05) is 0 Å². The summed E-state index contributed by atoms with van der Waals surface area (Å²) in [6.07, 6.45) is 4.42. The second-order valence-corrected chi connectivity index (χ2v) is 8.11. The minimum atomic E-state index is -4.67. The number of aromatic nitrogens is 3. The molecule has 0 aromatic carbocycles. The molecule has 4 nitrogen and oxygen atoms in total. The van der Waals surface area contributed by atoms with Gasteiger partial charge in [0.2, 0.25) is 0 Å². The highest BCUT2D eigenvalue weighted by atomic mass is 19.4. The van der Waals surface area contributed by atoms with Crippen molar-refractivity contribution < 1.29 is 22.3 Å². The summed E-state index contributed by atoms with van der Waals surface area (Å²) in [5.41, 5.74) is -0.549. The number of allylic oxidation sites excluding steroid dienone is 6. The van der Waals surface area contributed by atoms with E-state index in [4.69, 9.17) is 4.74 Å². The summed E-state index contributed by atoms with van der Waals surface area (Å²) < 4.78 is 61.9. The average Bonchev–Trinajstić information content (AvgIpc) is 3.62. The van der Waals surface area contributed by atoms with Gasteiger partial charge in [-0.25, -0.2) is 4.39 Å². The molecule has 31 heavy (non-hydrogen) atoms. The van der Waals surface area contributed by atoms with Crippen LogP contribution in [0.4, 0.5) is 17.6 Å². The SMILES string of the molecule is C=C(C=CC(F)=CC)C1CC1C(=C)Oc1ccn2c(CC3CC3)nnc2c1C(F)(F)F. The Balaban J connectivity index is 1.54. The number of hydrogen-bond donors (Lipinski definition) is 0. The third-order valence-electron chi connectivity index (χ3n) is 5.72. The molecule has 0 N–H and O–H groups in total. The molecule has 2 aromatic rings. The van der Waals surface area contributed by atoms with Gasteiger partial charge in [-0.05, 0) is 50.2 Å². The van der Waals surface area contributed by atoms with Crippen LogP contribution in [-0.2, 0) is 12.6 Å². The highest BCUT2D eigenvalue weighted by Crippen LogP contribution is 2.49. The van der Waals surface area contributed by atoms with Crippen LogP contribution in [0, 0.1) is 17.8 Å². The van der Waals surface area contributed by atoms with Crippen LogP contribution in [0.3, 0.4) is 0 Å². The Morgan fingerprint density at radius 3 is 2.61 bits per heavy atom. The van der Waals surface area contributed by atoms with E-state index in [0.717, 1.165) is 12.8 Å². The van der Waals surface area contributed by atoms with Gasteiger partial charge in [0.25, 0.3) is 0 Å². The summed E-state index contributed by atoms with van der Waals surface area (Å²) in [5.74, 6) is 0.266. The number of hydrogen-bond acceptors (Lipinski definition) is 3. The molecular formula is C23H23F4N3O. The molecule has 2 heterocycles. The molecule has 164 valence electrons. The highest BCUT2D eigenvalue weighted by Gasteiger charge is 2.44. The molecule has 0 spiro atoms. The lowest BCUT2D eigenvalue weighted by Crippen LogP contribution is -2.12. The maximum Gasteiger partial charge on any atom is 0.423 e. The van der Waals surface area contributed by atoms with Crippen LogP contribution in [0.2, 0.25) is 0 Å². The summed E-state index contributed by atoms with van der Waals surface area (Å²) in [5, 5.41) is 7.78. The van der Waals surface area contributed by atoms with Gasteiger partial charge in [0, 0.05) is 18.5 Å². The van der Waals surface area contributed by atoms with Crippen LogP contribution in [-0.4, -0.2) is 14.6 Å². The van der Waals surface area contributed by atoms with Gasteiger partial charge in [0.15, 0.2) is 5.65 Å². The molecule has 0 saturated heterocycles. The van der Waals surface area contributed by atoms with Crippen molar-refractivity contribution in [2.24, 2.45) is 17.8 Å². The Morgan fingerprint density at radius 2 is 1.97 bits per heavy atom. The molecule has 2 aliphatic rings. The van der Waals surface area contributed by atoms with Crippen molar-refractivity contribution >= 4 is 5.65 Å². The monoisotopic (exact) mass is 433 g/mol. The molecular weight excluding hydrogens is 410 g/mol. The summed E-state index contributed by atoms with van der Waals surface area (Å²) in [4.78, 5) is 0. The van der Waals surface area contributed by atoms with Gasteiger partial charge < -0.3 is 4.74 Å². The number of fused-ring (bicyclic) bond motifs is 1. The zero-order chi connectivity index (χ0) is 22.3. The van der Waals surface area contributed by atoms with E-state index in [2.05, 4.69) is 23.4 Å². The van der Waals surface area contributed by atoms with Gasteiger partial charge >= 0.3 is 6.18 Å². The van der Waals surface area contributed by atoms with Crippen LogP contribution in [0.5, 0.6) is 5.75 Å². The minimum Gasteiger partial charge on any atom is -0.461 e. The summed E-state index contributed by atoms with van der Waals surface area (Å²) in [7, 11) is 0. The van der Waals surface area contributed by atoms with E-state index >= 15 is 0 Å². The molecule has 2 atom stereocenters. The van der Waals surface area contributed by atoms with Gasteiger partial charge in [0.1, 0.15) is 28.7 Å². The lowest BCUT2D eigenvalue weighted by Gasteiger charge is -2.16. The third-order valence-corrected chi connectivity index (χ3v) is 5.72. The molecule has 0 amide bonds. The highest BCUT2D eigenvalue weighted by molar-refractivity contribution is 5.57. The predicted octanol–water partition coefficient (Wildman–Crippen LogP) is 6.21. The van der Waals surface area contributed by atoms with Crippen molar-refractivity contribution in [1.82, 2.24) is 14.6 Å². The van der Waals surface area contributed by atoms with Crippen LogP contribution >= 0.6 is 0 Å². The zero-order valence-corrected chi connectivity index (χ0v) is 17.1.